The topological polar surface area (TPSA) is 54.6 Å². The first-order valence-corrected chi connectivity index (χ1v) is 7.69. The van der Waals surface area contributed by atoms with Crippen LogP contribution < -0.4 is 10.1 Å². The lowest BCUT2D eigenvalue weighted by molar-refractivity contribution is 0.369. The smallest absolute Gasteiger partial charge is 0.162 e. The minimum atomic E-state index is 0.166. The molecule has 0 amide bonds. The summed E-state index contributed by atoms with van der Waals surface area (Å²) < 4.78 is 11.4. The van der Waals surface area contributed by atoms with Gasteiger partial charge in [-0.15, -0.1) is 0 Å². The first-order chi connectivity index (χ1) is 10.7. The first kappa shape index (κ1) is 14.9. The van der Waals surface area contributed by atoms with Crippen molar-refractivity contribution in [3.63, 3.8) is 0 Å². The van der Waals surface area contributed by atoms with Crippen LogP contribution in [0.3, 0.4) is 0 Å². The molecule has 0 bridgehead atoms. The number of nitrogens with one attached hydrogen (secondary N) is 1. The summed E-state index contributed by atoms with van der Waals surface area (Å²) >= 11 is 3.42. The molecule has 114 valence electrons. The van der Waals surface area contributed by atoms with E-state index in [9.17, 15) is 5.11 Å². The molecule has 4 nitrogen and oxygen atoms in total. The van der Waals surface area contributed by atoms with Gasteiger partial charge in [0.15, 0.2) is 11.5 Å². The third-order valence-electron chi connectivity index (χ3n) is 3.50. The number of aromatic hydroxyl groups is 1. The molecule has 0 aliphatic carbocycles. The number of furan rings is 1. The van der Waals surface area contributed by atoms with Crippen LogP contribution in [0.5, 0.6) is 11.5 Å². The van der Waals surface area contributed by atoms with Gasteiger partial charge in [0.2, 0.25) is 0 Å². The molecule has 0 aliphatic rings. The van der Waals surface area contributed by atoms with Crippen LogP contribution in [0.15, 0.2) is 51.6 Å². The highest BCUT2D eigenvalue weighted by Gasteiger charge is 2.09. The molecule has 1 heterocycles. The van der Waals surface area contributed by atoms with Crippen LogP contribution in [-0.4, -0.2) is 12.2 Å². The summed E-state index contributed by atoms with van der Waals surface area (Å²) in [5, 5.41) is 14.5. The van der Waals surface area contributed by atoms with Gasteiger partial charge >= 0.3 is 0 Å². The lowest BCUT2D eigenvalue weighted by Gasteiger charge is -2.11. The van der Waals surface area contributed by atoms with E-state index in [4.69, 9.17) is 9.15 Å². The molecule has 0 saturated heterocycles. The van der Waals surface area contributed by atoms with E-state index in [-0.39, 0.29) is 5.75 Å². The van der Waals surface area contributed by atoms with Gasteiger partial charge in [0.1, 0.15) is 5.58 Å². The fourth-order valence-corrected chi connectivity index (χ4v) is 2.85. The Balaban J connectivity index is 1.69. The average Bonchev–Trinajstić information content (AvgIpc) is 2.98. The molecule has 0 saturated carbocycles. The Kier molecular flexibility index (Phi) is 4.36. The number of rotatable bonds is 5. The monoisotopic (exact) mass is 361 g/mol. The lowest BCUT2D eigenvalue weighted by atomic mass is 10.1. The summed E-state index contributed by atoms with van der Waals surface area (Å²) in [6.07, 6.45) is 1.69. The van der Waals surface area contributed by atoms with E-state index >= 15 is 0 Å². The lowest BCUT2D eigenvalue weighted by Crippen LogP contribution is -2.13. The van der Waals surface area contributed by atoms with Crippen molar-refractivity contribution >= 4 is 26.9 Å². The van der Waals surface area contributed by atoms with Crippen LogP contribution in [0.2, 0.25) is 0 Å². The van der Waals surface area contributed by atoms with Crippen LogP contribution in [0.1, 0.15) is 11.1 Å². The molecule has 3 aromatic rings. The fourth-order valence-electron chi connectivity index (χ4n) is 2.37. The van der Waals surface area contributed by atoms with E-state index in [0.29, 0.717) is 18.8 Å². The van der Waals surface area contributed by atoms with Crippen molar-refractivity contribution in [1.82, 2.24) is 5.32 Å². The van der Waals surface area contributed by atoms with E-state index in [2.05, 4.69) is 27.3 Å². The molecule has 22 heavy (non-hydrogen) atoms. The molecule has 0 aliphatic heterocycles. The minimum absolute atomic E-state index is 0.166. The second-order valence-electron chi connectivity index (χ2n) is 5.01. The van der Waals surface area contributed by atoms with Gasteiger partial charge < -0.3 is 19.6 Å². The molecule has 3 rings (SSSR count). The first-order valence-electron chi connectivity index (χ1n) is 6.89. The quantitative estimate of drug-likeness (QED) is 0.714. The van der Waals surface area contributed by atoms with Gasteiger partial charge in [-0.1, -0.05) is 28.1 Å². The van der Waals surface area contributed by atoms with Gasteiger partial charge in [-0.3, -0.25) is 0 Å². The van der Waals surface area contributed by atoms with Crippen LogP contribution >= 0.6 is 15.9 Å². The fraction of sp³-hybridized carbons (Fsp3) is 0.176. The highest BCUT2D eigenvalue weighted by Crippen LogP contribution is 2.33. The maximum atomic E-state index is 10.1. The molecule has 0 radical (unpaired) electrons. The van der Waals surface area contributed by atoms with E-state index in [1.165, 1.54) is 7.11 Å². The normalized spacial score (nSPS) is 11.0. The molecular formula is C17H16BrNO3. The SMILES string of the molecule is COc1cc(Br)cc(CNCc2ccc3ccoc3c2)c1O. The highest BCUT2D eigenvalue weighted by molar-refractivity contribution is 9.10. The van der Waals surface area contributed by atoms with Crippen LogP contribution in [0.25, 0.3) is 11.0 Å². The Morgan fingerprint density at radius 3 is 2.86 bits per heavy atom. The third-order valence-corrected chi connectivity index (χ3v) is 3.96. The number of methoxy groups -OCH3 is 1. The molecule has 2 N–H and O–H groups in total. The van der Waals surface area contributed by atoms with E-state index in [1.807, 2.05) is 24.3 Å². The minimum Gasteiger partial charge on any atom is -0.504 e. The van der Waals surface area contributed by atoms with Gasteiger partial charge in [-0.05, 0) is 29.8 Å². The van der Waals surface area contributed by atoms with Gasteiger partial charge in [0.05, 0.1) is 13.4 Å². The number of hydrogen-bond acceptors (Lipinski definition) is 4. The maximum Gasteiger partial charge on any atom is 0.162 e. The van der Waals surface area contributed by atoms with Crippen molar-refractivity contribution in [1.29, 1.82) is 0 Å². The number of hydrogen-bond donors (Lipinski definition) is 2. The van der Waals surface area contributed by atoms with Crippen molar-refractivity contribution in [2.24, 2.45) is 0 Å². The molecule has 0 atom stereocenters. The van der Waals surface area contributed by atoms with Gasteiger partial charge in [0.25, 0.3) is 0 Å². The number of ether oxygens (including phenoxy) is 1. The van der Waals surface area contributed by atoms with Gasteiger partial charge in [0, 0.05) is 28.5 Å². The molecule has 1 aromatic heterocycles. The zero-order valence-electron chi connectivity index (χ0n) is 12.1. The van der Waals surface area contributed by atoms with Crippen molar-refractivity contribution in [3.05, 3.63) is 58.3 Å². The summed E-state index contributed by atoms with van der Waals surface area (Å²) in [7, 11) is 1.54. The second kappa shape index (κ2) is 6.42. The van der Waals surface area contributed by atoms with Gasteiger partial charge in [-0.2, -0.15) is 0 Å². The number of phenols is 1. The summed E-state index contributed by atoms with van der Waals surface area (Å²) in [5.74, 6) is 0.628. The number of benzene rings is 2. The second-order valence-corrected chi connectivity index (χ2v) is 5.93. The molecular weight excluding hydrogens is 346 g/mol. The molecule has 0 fully saturated rings. The van der Waals surface area contributed by atoms with Crippen molar-refractivity contribution in [3.8, 4) is 11.5 Å². The van der Waals surface area contributed by atoms with Crippen molar-refractivity contribution in [2.45, 2.75) is 13.1 Å². The van der Waals surface area contributed by atoms with Crippen LogP contribution in [-0.2, 0) is 13.1 Å². The predicted molar refractivity (Wildman–Crippen MR) is 89.1 cm³/mol. The van der Waals surface area contributed by atoms with E-state index in [1.54, 1.807) is 12.3 Å². The molecule has 0 spiro atoms. The highest BCUT2D eigenvalue weighted by atomic mass is 79.9. The zero-order chi connectivity index (χ0) is 15.5. The number of fused-ring (bicyclic) bond motifs is 1. The molecule has 2 aromatic carbocycles. The Morgan fingerprint density at radius 1 is 1.18 bits per heavy atom. The Labute approximate surface area is 136 Å². The molecule has 0 unspecified atom stereocenters. The van der Waals surface area contributed by atoms with Crippen LogP contribution in [0, 0.1) is 0 Å². The van der Waals surface area contributed by atoms with E-state index in [0.717, 1.165) is 26.6 Å². The Bertz CT molecular complexity index is 798. The largest absolute Gasteiger partial charge is 0.504 e. The average molecular weight is 362 g/mol. The summed E-state index contributed by atoms with van der Waals surface area (Å²) in [6.45, 7) is 1.22. The zero-order valence-corrected chi connectivity index (χ0v) is 13.7. The third kappa shape index (κ3) is 3.10. The number of halogens is 1. The summed E-state index contributed by atoms with van der Waals surface area (Å²) in [4.78, 5) is 0. The molecule has 5 heteroatoms. The van der Waals surface area contributed by atoms with Crippen molar-refractivity contribution < 1.29 is 14.3 Å². The maximum absolute atomic E-state index is 10.1. The number of phenolic OH excluding ortho intramolecular Hbond substituents is 1. The van der Waals surface area contributed by atoms with Crippen LogP contribution in [0.4, 0.5) is 0 Å². The van der Waals surface area contributed by atoms with E-state index < -0.39 is 0 Å². The Hall–Kier alpha value is -1.98. The predicted octanol–water partition coefficient (Wildman–Crippen LogP) is 4.20. The summed E-state index contributed by atoms with van der Waals surface area (Å²) in [5.41, 5.74) is 2.79. The van der Waals surface area contributed by atoms with Crippen molar-refractivity contribution in [2.75, 3.05) is 7.11 Å². The Morgan fingerprint density at radius 2 is 2.05 bits per heavy atom. The van der Waals surface area contributed by atoms with Gasteiger partial charge in [-0.25, -0.2) is 0 Å². The summed E-state index contributed by atoms with van der Waals surface area (Å²) in [6, 6.07) is 11.7. The standard InChI is InChI=1S/C17H16BrNO3/c1-21-16-8-14(18)7-13(17(16)20)10-19-9-11-2-3-12-4-5-22-15(12)6-11/h2-8,19-20H,9-10H2,1H3.